The summed E-state index contributed by atoms with van der Waals surface area (Å²) < 4.78 is 5.44. The van der Waals surface area contributed by atoms with E-state index >= 15 is 0 Å². The molecule has 1 saturated heterocycles. The van der Waals surface area contributed by atoms with E-state index in [2.05, 4.69) is 41.4 Å². The molecule has 1 atom stereocenters. The lowest BCUT2D eigenvalue weighted by Crippen LogP contribution is -2.33. The number of nitrogens with one attached hydrogen (secondary N) is 1. The number of rotatable bonds is 3. The third kappa shape index (κ3) is 2.40. The number of hydrogen-bond acceptors (Lipinski definition) is 4. The molecule has 4 nitrogen and oxygen atoms in total. The summed E-state index contributed by atoms with van der Waals surface area (Å²) in [6.07, 6.45) is 2.94. The Morgan fingerprint density at radius 1 is 1.37 bits per heavy atom. The smallest absolute Gasteiger partial charge is 0.246 e. The van der Waals surface area contributed by atoms with E-state index in [1.807, 2.05) is 12.1 Å². The van der Waals surface area contributed by atoms with Crippen LogP contribution in [-0.4, -0.2) is 16.7 Å². The highest BCUT2D eigenvalue weighted by Crippen LogP contribution is 2.29. The fourth-order valence-electron chi connectivity index (χ4n) is 2.61. The molecule has 3 rings (SSSR count). The molecule has 1 aromatic carbocycles. The molecule has 0 spiro atoms. The summed E-state index contributed by atoms with van der Waals surface area (Å²) in [6.45, 7) is 5.26. The maximum atomic E-state index is 5.44. The van der Waals surface area contributed by atoms with E-state index < -0.39 is 0 Å². The van der Waals surface area contributed by atoms with Gasteiger partial charge in [-0.2, -0.15) is 4.98 Å². The largest absolute Gasteiger partial charge is 0.337 e. The number of aromatic nitrogens is 2. The van der Waals surface area contributed by atoms with Gasteiger partial charge in [0.1, 0.15) is 0 Å². The third-order valence-corrected chi connectivity index (χ3v) is 3.92. The molecule has 0 bridgehead atoms. The van der Waals surface area contributed by atoms with Crippen LogP contribution in [0.15, 0.2) is 28.8 Å². The zero-order valence-corrected chi connectivity index (χ0v) is 11.4. The van der Waals surface area contributed by atoms with Gasteiger partial charge in [-0.25, -0.2) is 0 Å². The van der Waals surface area contributed by atoms with Gasteiger partial charge in [-0.3, -0.25) is 0 Å². The Kier molecular flexibility index (Phi) is 3.11. The molecule has 1 aliphatic heterocycles. The van der Waals surface area contributed by atoms with Crippen LogP contribution in [0, 0.1) is 6.92 Å². The van der Waals surface area contributed by atoms with Crippen LogP contribution in [0.2, 0.25) is 0 Å². The first-order chi connectivity index (χ1) is 9.17. The predicted molar refractivity (Wildman–Crippen MR) is 72.9 cm³/mol. The number of nitrogens with zero attached hydrogens (tertiary/aromatic N) is 2. The summed E-state index contributed by atoms with van der Waals surface area (Å²) in [5.74, 6) is 1.48. The summed E-state index contributed by atoms with van der Waals surface area (Å²) in [4.78, 5) is 4.56. The van der Waals surface area contributed by atoms with Crippen molar-refractivity contribution in [3.05, 3.63) is 47.1 Å². The Morgan fingerprint density at radius 2 is 2.21 bits per heavy atom. The molecule has 1 aliphatic rings. The van der Waals surface area contributed by atoms with Gasteiger partial charge < -0.3 is 9.84 Å². The van der Waals surface area contributed by atoms with Crippen LogP contribution in [0.1, 0.15) is 42.6 Å². The zero-order valence-electron chi connectivity index (χ0n) is 11.4. The van der Waals surface area contributed by atoms with Crippen molar-refractivity contribution in [2.24, 2.45) is 0 Å². The van der Waals surface area contributed by atoms with E-state index in [0.717, 1.165) is 31.6 Å². The van der Waals surface area contributed by atoms with E-state index in [-0.39, 0.29) is 5.54 Å². The van der Waals surface area contributed by atoms with Gasteiger partial charge in [-0.15, -0.1) is 0 Å². The Balaban J connectivity index is 1.80. The molecule has 0 amide bonds. The van der Waals surface area contributed by atoms with E-state index in [9.17, 15) is 0 Å². The van der Waals surface area contributed by atoms with Gasteiger partial charge in [0.2, 0.25) is 5.89 Å². The van der Waals surface area contributed by atoms with Gasteiger partial charge in [0, 0.05) is 6.42 Å². The predicted octanol–water partition coefficient (Wildman–Crippen LogP) is 2.57. The maximum Gasteiger partial charge on any atom is 0.246 e. The number of hydrogen-bond donors (Lipinski definition) is 1. The fraction of sp³-hybridized carbons (Fsp3) is 0.467. The summed E-state index contributed by atoms with van der Waals surface area (Å²) in [5.41, 5.74) is 2.37. The van der Waals surface area contributed by atoms with Gasteiger partial charge in [0.15, 0.2) is 5.82 Å². The second kappa shape index (κ2) is 4.78. The summed E-state index contributed by atoms with van der Waals surface area (Å²) in [6, 6.07) is 8.31. The van der Waals surface area contributed by atoms with E-state index in [1.165, 1.54) is 11.1 Å². The Bertz CT molecular complexity index is 570. The summed E-state index contributed by atoms with van der Waals surface area (Å²) in [7, 11) is 0. The van der Waals surface area contributed by atoms with Gasteiger partial charge in [-0.05, 0) is 44.4 Å². The monoisotopic (exact) mass is 257 g/mol. The van der Waals surface area contributed by atoms with Crippen molar-refractivity contribution < 1.29 is 4.52 Å². The van der Waals surface area contributed by atoms with Crippen molar-refractivity contribution >= 4 is 0 Å². The fourth-order valence-corrected chi connectivity index (χ4v) is 2.61. The van der Waals surface area contributed by atoms with Crippen LogP contribution in [-0.2, 0) is 12.0 Å². The van der Waals surface area contributed by atoms with Crippen LogP contribution in [0.25, 0.3) is 0 Å². The Morgan fingerprint density at radius 3 is 2.95 bits per heavy atom. The SMILES string of the molecule is Cc1ccccc1Cc1noc(C2(C)CCCN2)n1. The lowest BCUT2D eigenvalue weighted by atomic mass is 10.0. The van der Waals surface area contributed by atoms with Crippen LogP contribution in [0.5, 0.6) is 0 Å². The standard InChI is InChI=1S/C15H19N3O/c1-11-6-3-4-7-12(11)10-13-17-14(19-18-13)15(2)8-5-9-16-15/h3-4,6-7,16H,5,8-10H2,1-2H3. The highest BCUT2D eigenvalue weighted by atomic mass is 16.5. The molecule has 0 radical (unpaired) electrons. The molecule has 1 aromatic heterocycles. The minimum Gasteiger partial charge on any atom is -0.337 e. The highest BCUT2D eigenvalue weighted by Gasteiger charge is 2.35. The van der Waals surface area contributed by atoms with Crippen LogP contribution < -0.4 is 5.32 Å². The third-order valence-electron chi connectivity index (χ3n) is 3.92. The second-order valence-electron chi connectivity index (χ2n) is 5.48. The van der Waals surface area contributed by atoms with Crippen LogP contribution >= 0.6 is 0 Å². The Hall–Kier alpha value is -1.68. The normalized spacial score (nSPS) is 22.8. The molecular weight excluding hydrogens is 238 g/mol. The van der Waals surface area contributed by atoms with E-state index in [0.29, 0.717) is 5.89 Å². The summed E-state index contributed by atoms with van der Waals surface area (Å²) in [5, 5.41) is 7.56. The van der Waals surface area contributed by atoms with Crippen molar-refractivity contribution in [1.82, 2.24) is 15.5 Å². The Labute approximate surface area is 113 Å². The number of aryl methyl sites for hydroxylation is 1. The van der Waals surface area contributed by atoms with Crippen molar-refractivity contribution in [3.63, 3.8) is 0 Å². The first-order valence-electron chi connectivity index (χ1n) is 6.80. The first-order valence-corrected chi connectivity index (χ1v) is 6.80. The van der Waals surface area contributed by atoms with Crippen LogP contribution in [0.3, 0.4) is 0 Å². The number of benzene rings is 1. The quantitative estimate of drug-likeness (QED) is 0.918. The topological polar surface area (TPSA) is 51.0 Å². The van der Waals surface area contributed by atoms with Crippen LogP contribution in [0.4, 0.5) is 0 Å². The van der Waals surface area contributed by atoms with E-state index in [1.54, 1.807) is 0 Å². The highest BCUT2D eigenvalue weighted by molar-refractivity contribution is 5.28. The summed E-state index contributed by atoms with van der Waals surface area (Å²) >= 11 is 0. The molecule has 4 heteroatoms. The average molecular weight is 257 g/mol. The average Bonchev–Trinajstić information content (AvgIpc) is 3.02. The maximum absolute atomic E-state index is 5.44. The molecule has 1 fully saturated rings. The molecular formula is C15H19N3O. The van der Waals surface area contributed by atoms with Crippen molar-refractivity contribution in [2.45, 2.75) is 38.6 Å². The van der Waals surface area contributed by atoms with Crippen molar-refractivity contribution in [3.8, 4) is 0 Å². The van der Waals surface area contributed by atoms with Gasteiger partial charge in [-0.1, -0.05) is 29.4 Å². The first kappa shape index (κ1) is 12.4. The van der Waals surface area contributed by atoms with Gasteiger partial charge in [0.05, 0.1) is 5.54 Å². The lowest BCUT2D eigenvalue weighted by molar-refractivity contribution is 0.274. The lowest BCUT2D eigenvalue weighted by Gasteiger charge is -2.18. The molecule has 100 valence electrons. The van der Waals surface area contributed by atoms with E-state index in [4.69, 9.17) is 4.52 Å². The minimum atomic E-state index is -0.142. The minimum absolute atomic E-state index is 0.142. The molecule has 0 aliphatic carbocycles. The molecule has 0 saturated carbocycles. The second-order valence-corrected chi connectivity index (χ2v) is 5.48. The molecule has 2 heterocycles. The van der Waals surface area contributed by atoms with Crippen molar-refractivity contribution in [1.29, 1.82) is 0 Å². The van der Waals surface area contributed by atoms with Crippen molar-refractivity contribution in [2.75, 3.05) is 6.54 Å². The van der Waals surface area contributed by atoms with Gasteiger partial charge in [0.25, 0.3) is 0 Å². The molecule has 2 aromatic rings. The van der Waals surface area contributed by atoms with Gasteiger partial charge >= 0.3 is 0 Å². The molecule has 1 unspecified atom stereocenters. The molecule has 1 N–H and O–H groups in total. The molecule has 19 heavy (non-hydrogen) atoms. The zero-order chi connectivity index (χ0) is 13.3.